The molecule has 0 aliphatic heterocycles. The summed E-state index contributed by atoms with van der Waals surface area (Å²) in [4.78, 5) is 35.5. The Balaban J connectivity index is 2.71. The first-order chi connectivity index (χ1) is 11.0. The zero-order valence-electron chi connectivity index (χ0n) is 13.1. The molecule has 0 fully saturated rings. The number of esters is 2. The number of carbonyl (C=O) groups excluding carboxylic acids is 3. The average molecular weight is 342 g/mol. The van der Waals surface area contributed by atoms with Crippen LogP contribution in [0.5, 0.6) is 0 Å². The molecule has 1 rings (SSSR count). The lowest BCUT2D eigenvalue weighted by atomic mass is 10.1. The summed E-state index contributed by atoms with van der Waals surface area (Å²) in [5.41, 5.74) is 0.361. The first-order valence-electron chi connectivity index (χ1n) is 7.36. The van der Waals surface area contributed by atoms with Crippen LogP contribution >= 0.6 is 11.6 Å². The largest absolute Gasteiger partial charge is 0.466 e. The normalized spacial score (nSPS) is 11.4. The maximum atomic E-state index is 12.2. The van der Waals surface area contributed by atoms with E-state index in [1.807, 2.05) is 0 Å². The average Bonchev–Trinajstić information content (AvgIpc) is 2.52. The van der Waals surface area contributed by atoms with Gasteiger partial charge in [-0.3, -0.25) is 9.59 Å². The van der Waals surface area contributed by atoms with Gasteiger partial charge in [0.05, 0.1) is 13.2 Å². The molecule has 0 unspecified atom stereocenters. The Kier molecular flexibility index (Phi) is 8.11. The molecule has 1 atom stereocenters. The lowest BCUT2D eigenvalue weighted by Gasteiger charge is -2.17. The number of benzene rings is 1. The number of carbonyl (C=O) groups is 3. The lowest BCUT2D eigenvalue weighted by Crippen LogP contribution is -2.42. The van der Waals surface area contributed by atoms with E-state index in [1.54, 1.807) is 38.1 Å². The van der Waals surface area contributed by atoms with Gasteiger partial charge in [0.15, 0.2) is 0 Å². The second-order valence-corrected chi connectivity index (χ2v) is 5.07. The van der Waals surface area contributed by atoms with Crippen LogP contribution in [0.1, 0.15) is 37.0 Å². The summed E-state index contributed by atoms with van der Waals surface area (Å²) in [5.74, 6) is -1.45. The third-order valence-corrected chi connectivity index (χ3v) is 3.18. The summed E-state index contributed by atoms with van der Waals surface area (Å²) < 4.78 is 9.74. The second kappa shape index (κ2) is 9.84. The Labute approximate surface area is 140 Å². The summed E-state index contributed by atoms with van der Waals surface area (Å²) >= 11 is 5.77. The van der Waals surface area contributed by atoms with Gasteiger partial charge in [-0.1, -0.05) is 11.6 Å². The molecule has 7 heteroatoms. The first kappa shape index (κ1) is 19.0. The molecule has 0 spiro atoms. The van der Waals surface area contributed by atoms with Crippen LogP contribution in [0.4, 0.5) is 0 Å². The molecular formula is C16H20ClNO5. The minimum Gasteiger partial charge on any atom is -0.466 e. The summed E-state index contributed by atoms with van der Waals surface area (Å²) in [6, 6.07) is 5.34. The van der Waals surface area contributed by atoms with Crippen molar-refractivity contribution in [3.8, 4) is 0 Å². The van der Waals surface area contributed by atoms with Crippen LogP contribution in [-0.2, 0) is 19.1 Å². The number of ether oxygens (including phenoxy) is 2. The molecule has 126 valence electrons. The van der Waals surface area contributed by atoms with Gasteiger partial charge in [0.1, 0.15) is 6.04 Å². The molecule has 1 N–H and O–H groups in total. The van der Waals surface area contributed by atoms with E-state index in [-0.39, 0.29) is 26.1 Å². The van der Waals surface area contributed by atoms with Crippen molar-refractivity contribution in [3.63, 3.8) is 0 Å². The maximum absolute atomic E-state index is 12.2. The Bertz CT molecular complexity index is 544. The Morgan fingerprint density at radius 1 is 1.09 bits per heavy atom. The quantitative estimate of drug-likeness (QED) is 0.734. The highest BCUT2D eigenvalue weighted by Crippen LogP contribution is 2.10. The number of nitrogens with one attached hydrogen (secondary N) is 1. The van der Waals surface area contributed by atoms with Crippen molar-refractivity contribution in [2.24, 2.45) is 0 Å². The zero-order chi connectivity index (χ0) is 17.2. The fourth-order valence-corrected chi connectivity index (χ4v) is 1.96. The number of rotatable bonds is 8. The van der Waals surface area contributed by atoms with E-state index < -0.39 is 23.9 Å². The van der Waals surface area contributed by atoms with Gasteiger partial charge in [0.2, 0.25) is 0 Å². The highest BCUT2D eigenvalue weighted by Gasteiger charge is 2.23. The Hall–Kier alpha value is -2.08. The van der Waals surface area contributed by atoms with Gasteiger partial charge >= 0.3 is 11.9 Å². The van der Waals surface area contributed by atoms with Crippen LogP contribution in [0.2, 0.25) is 5.02 Å². The van der Waals surface area contributed by atoms with Crippen LogP contribution in [0, 0.1) is 0 Å². The third-order valence-electron chi connectivity index (χ3n) is 2.93. The molecule has 0 heterocycles. The summed E-state index contributed by atoms with van der Waals surface area (Å²) in [7, 11) is 0. The molecule has 0 aliphatic carbocycles. The second-order valence-electron chi connectivity index (χ2n) is 4.63. The molecule has 0 bridgehead atoms. The molecule has 23 heavy (non-hydrogen) atoms. The van der Waals surface area contributed by atoms with Crippen molar-refractivity contribution in [1.29, 1.82) is 0 Å². The summed E-state index contributed by atoms with van der Waals surface area (Å²) in [6.07, 6.45) is 0.120. The number of hydrogen-bond acceptors (Lipinski definition) is 5. The van der Waals surface area contributed by atoms with Gasteiger partial charge < -0.3 is 14.8 Å². The van der Waals surface area contributed by atoms with E-state index in [4.69, 9.17) is 21.1 Å². The summed E-state index contributed by atoms with van der Waals surface area (Å²) in [5, 5.41) is 3.08. The molecule has 6 nitrogen and oxygen atoms in total. The number of hydrogen-bond donors (Lipinski definition) is 1. The fourth-order valence-electron chi connectivity index (χ4n) is 1.83. The molecule has 0 aliphatic rings. The van der Waals surface area contributed by atoms with Gasteiger partial charge in [0.25, 0.3) is 5.91 Å². The van der Waals surface area contributed by atoms with E-state index >= 15 is 0 Å². The predicted octanol–water partition coefficient (Wildman–Crippen LogP) is 2.34. The summed E-state index contributed by atoms with van der Waals surface area (Å²) in [6.45, 7) is 3.82. The van der Waals surface area contributed by atoms with Crippen LogP contribution < -0.4 is 5.32 Å². The van der Waals surface area contributed by atoms with Crippen molar-refractivity contribution in [2.45, 2.75) is 32.7 Å². The fraction of sp³-hybridized carbons (Fsp3) is 0.438. The topological polar surface area (TPSA) is 81.7 Å². The van der Waals surface area contributed by atoms with Crippen molar-refractivity contribution in [2.75, 3.05) is 13.2 Å². The smallest absolute Gasteiger partial charge is 0.328 e. The van der Waals surface area contributed by atoms with Gasteiger partial charge in [0, 0.05) is 17.0 Å². The standard InChI is InChI=1S/C16H20ClNO5/c1-3-22-14(19)10-9-13(16(21)23-4-2)18-15(20)11-5-7-12(17)8-6-11/h5-8,13H,3-4,9-10H2,1-2H3,(H,18,20)/t13-/m0/s1. The van der Waals surface area contributed by atoms with Crippen LogP contribution in [0.3, 0.4) is 0 Å². The van der Waals surface area contributed by atoms with Gasteiger partial charge in [-0.15, -0.1) is 0 Å². The van der Waals surface area contributed by atoms with E-state index in [0.29, 0.717) is 10.6 Å². The van der Waals surface area contributed by atoms with Gasteiger partial charge in [-0.05, 0) is 44.5 Å². The Morgan fingerprint density at radius 2 is 1.70 bits per heavy atom. The van der Waals surface area contributed by atoms with E-state index in [1.165, 1.54) is 0 Å². The molecule has 1 amide bonds. The maximum Gasteiger partial charge on any atom is 0.328 e. The third kappa shape index (κ3) is 6.69. The van der Waals surface area contributed by atoms with Gasteiger partial charge in [-0.25, -0.2) is 4.79 Å². The van der Waals surface area contributed by atoms with Gasteiger partial charge in [-0.2, -0.15) is 0 Å². The van der Waals surface area contributed by atoms with Crippen molar-refractivity contribution < 1.29 is 23.9 Å². The van der Waals surface area contributed by atoms with Crippen LogP contribution in [-0.4, -0.2) is 37.1 Å². The monoisotopic (exact) mass is 341 g/mol. The molecule has 0 saturated carbocycles. The molecule has 0 radical (unpaired) electrons. The molecular weight excluding hydrogens is 322 g/mol. The SMILES string of the molecule is CCOC(=O)CC[C@H](NC(=O)c1ccc(Cl)cc1)C(=O)OCC. The van der Waals surface area contributed by atoms with Crippen LogP contribution in [0.25, 0.3) is 0 Å². The molecule has 1 aromatic rings. The van der Waals surface area contributed by atoms with Crippen molar-refractivity contribution in [3.05, 3.63) is 34.9 Å². The highest BCUT2D eigenvalue weighted by atomic mass is 35.5. The zero-order valence-corrected chi connectivity index (χ0v) is 13.9. The minimum atomic E-state index is -0.914. The minimum absolute atomic E-state index is 0.0121. The lowest BCUT2D eigenvalue weighted by molar-refractivity contribution is -0.146. The Morgan fingerprint density at radius 3 is 2.26 bits per heavy atom. The molecule has 0 saturated heterocycles. The van der Waals surface area contributed by atoms with E-state index in [9.17, 15) is 14.4 Å². The number of halogens is 1. The van der Waals surface area contributed by atoms with Crippen LogP contribution in [0.15, 0.2) is 24.3 Å². The van der Waals surface area contributed by atoms with E-state index in [2.05, 4.69) is 5.32 Å². The van der Waals surface area contributed by atoms with E-state index in [0.717, 1.165) is 0 Å². The first-order valence-corrected chi connectivity index (χ1v) is 7.74. The van der Waals surface area contributed by atoms with Crippen molar-refractivity contribution >= 4 is 29.4 Å². The molecule has 0 aromatic heterocycles. The predicted molar refractivity (Wildman–Crippen MR) is 85.2 cm³/mol. The van der Waals surface area contributed by atoms with Crippen molar-refractivity contribution in [1.82, 2.24) is 5.32 Å². The highest BCUT2D eigenvalue weighted by molar-refractivity contribution is 6.30. The number of amides is 1. The molecule has 1 aromatic carbocycles.